The summed E-state index contributed by atoms with van der Waals surface area (Å²) in [5.74, 6) is -0.923. The molecule has 0 aliphatic carbocycles. The summed E-state index contributed by atoms with van der Waals surface area (Å²) in [7, 11) is 0. The minimum Gasteiger partial charge on any atom is -0.394 e. The fraction of sp³-hybridized carbons (Fsp3) is 0.875. The number of hydrogen-bond donors (Lipinski definition) is 10. The van der Waals surface area contributed by atoms with Gasteiger partial charge in [-0.2, -0.15) is 0 Å². The smallest absolute Gasteiger partial charge is 0.217 e. The summed E-state index contributed by atoms with van der Waals surface area (Å²) in [6.45, 7) is 1.37. The van der Waals surface area contributed by atoms with Crippen molar-refractivity contribution in [3.63, 3.8) is 0 Å². The van der Waals surface area contributed by atoms with E-state index in [1.807, 2.05) is 0 Å². The van der Waals surface area contributed by atoms with Crippen LogP contribution in [0.2, 0.25) is 0 Å². The van der Waals surface area contributed by atoms with Gasteiger partial charge in [-0.3, -0.25) is 9.59 Å². The maximum atomic E-state index is 10.7. The zero-order valence-corrected chi connectivity index (χ0v) is 16.4. The van der Waals surface area contributed by atoms with E-state index in [0.717, 1.165) is 0 Å². The Bertz CT molecular complexity index is 518. The topological polar surface area (TPSA) is 238 Å². The Morgan fingerprint density at radius 3 is 1.20 bits per heavy atom. The Morgan fingerprint density at radius 2 is 0.967 bits per heavy atom. The Kier molecular flexibility index (Phi) is 10.5. The standard InChI is InChI=1S/2C8H15NO6/c2*1-3(11)9-5-7(13)6(12)4(2-10)15-8(5)14/h2*4-8,10,12-14H,2H2,1H3,(H,9,11)/t2*4-,5+,6-,7-,8?/m11/s1. The number of rotatable bonds is 4. The van der Waals surface area contributed by atoms with Crippen molar-refractivity contribution in [2.75, 3.05) is 13.2 Å². The minimum absolute atomic E-state index is 0.462. The highest BCUT2D eigenvalue weighted by Gasteiger charge is 2.44. The van der Waals surface area contributed by atoms with Crippen molar-refractivity contribution >= 4 is 11.8 Å². The first-order valence-corrected chi connectivity index (χ1v) is 9.09. The lowest BCUT2D eigenvalue weighted by atomic mass is 9.97. The molecule has 0 aromatic rings. The van der Waals surface area contributed by atoms with Gasteiger partial charge in [-0.1, -0.05) is 0 Å². The first-order valence-electron chi connectivity index (χ1n) is 9.09. The predicted octanol–water partition coefficient (Wildman–Crippen LogP) is -6.16. The minimum atomic E-state index is -1.45. The van der Waals surface area contributed by atoms with Crippen molar-refractivity contribution in [2.24, 2.45) is 0 Å². The molecule has 176 valence electrons. The number of amides is 2. The summed E-state index contributed by atoms with van der Waals surface area (Å²) >= 11 is 0. The van der Waals surface area contributed by atoms with E-state index in [1.165, 1.54) is 13.8 Å². The molecule has 2 aliphatic rings. The molecule has 2 amide bonds. The van der Waals surface area contributed by atoms with Gasteiger partial charge in [0, 0.05) is 13.8 Å². The maximum Gasteiger partial charge on any atom is 0.217 e. The summed E-state index contributed by atoms with van der Waals surface area (Å²) < 4.78 is 9.62. The fourth-order valence-corrected chi connectivity index (χ4v) is 2.98. The van der Waals surface area contributed by atoms with Crippen LogP contribution >= 0.6 is 0 Å². The number of carbonyl (C=O) groups is 2. The molecular formula is C16H30N2O12. The summed E-state index contributed by atoms with van der Waals surface area (Å²) in [4.78, 5) is 21.5. The van der Waals surface area contributed by atoms with Crippen LogP contribution in [-0.2, 0) is 19.1 Å². The molecule has 0 spiro atoms. The predicted molar refractivity (Wildman–Crippen MR) is 95.2 cm³/mol. The van der Waals surface area contributed by atoms with Gasteiger partial charge >= 0.3 is 0 Å². The van der Waals surface area contributed by atoms with Crippen molar-refractivity contribution in [3.05, 3.63) is 0 Å². The van der Waals surface area contributed by atoms with Gasteiger partial charge in [-0.25, -0.2) is 0 Å². The summed E-state index contributed by atoms with van der Waals surface area (Å²) in [6, 6.07) is -2.19. The van der Waals surface area contributed by atoms with Crippen molar-refractivity contribution < 1.29 is 59.9 Å². The molecule has 0 saturated carbocycles. The number of nitrogens with one attached hydrogen (secondary N) is 2. The van der Waals surface area contributed by atoms with E-state index in [2.05, 4.69) is 10.6 Å². The lowest BCUT2D eigenvalue weighted by Crippen LogP contribution is -2.63. The Hall–Kier alpha value is -1.46. The summed E-state index contributed by atoms with van der Waals surface area (Å²) in [6.07, 6.45) is -10.5. The van der Waals surface area contributed by atoms with Gasteiger partial charge in [0.15, 0.2) is 12.6 Å². The van der Waals surface area contributed by atoms with Gasteiger partial charge in [0.25, 0.3) is 0 Å². The van der Waals surface area contributed by atoms with Gasteiger partial charge < -0.3 is 61.0 Å². The van der Waals surface area contributed by atoms with Crippen LogP contribution in [0.15, 0.2) is 0 Å². The molecule has 0 radical (unpaired) electrons. The fourth-order valence-electron chi connectivity index (χ4n) is 2.98. The molecule has 0 aromatic heterocycles. The van der Waals surface area contributed by atoms with Gasteiger partial charge in [-0.15, -0.1) is 0 Å². The molecule has 2 rings (SSSR count). The third-order valence-corrected chi connectivity index (χ3v) is 4.54. The Labute approximate surface area is 171 Å². The van der Waals surface area contributed by atoms with Crippen LogP contribution in [0.3, 0.4) is 0 Å². The van der Waals surface area contributed by atoms with Crippen LogP contribution in [0.4, 0.5) is 0 Å². The molecule has 2 saturated heterocycles. The molecule has 10 N–H and O–H groups in total. The van der Waals surface area contributed by atoms with Crippen molar-refractivity contribution in [1.82, 2.24) is 10.6 Å². The number of carbonyl (C=O) groups excluding carboxylic acids is 2. The molecule has 0 bridgehead atoms. The van der Waals surface area contributed by atoms with E-state index in [1.54, 1.807) is 0 Å². The number of hydrogen-bond acceptors (Lipinski definition) is 12. The molecule has 14 heteroatoms. The normalized spacial score (nSPS) is 41.3. The lowest BCUT2D eigenvalue weighted by molar-refractivity contribution is -0.253. The molecule has 14 nitrogen and oxygen atoms in total. The van der Waals surface area contributed by atoms with Crippen molar-refractivity contribution in [3.8, 4) is 0 Å². The second-order valence-electron chi connectivity index (χ2n) is 6.91. The highest BCUT2D eigenvalue weighted by molar-refractivity contribution is 5.73. The molecule has 2 heterocycles. The Balaban J connectivity index is 0.000000300. The van der Waals surface area contributed by atoms with Gasteiger partial charge in [0.2, 0.25) is 11.8 Å². The Morgan fingerprint density at radius 1 is 0.667 bits per heavy atom. The van der Waals surface area contributed by atoms with Gasteiger partial charge in [0.05, 0.1) is 13.2 Å². The van der Waals surface area contributed by atoms with Crippen molar-refractivity contribution in [2.45, 2.75) is 75.1 Å². The van der Waals surface area contributed by atoms with E-state index < -0.39 is 86.3 Å². The third kappa shape index (κ3) is 6.78. The quantitative estimate of drug-likeness (QED) is 0.196. The summed E-state index contributed by atoms with van der Waals surface area (Å²) in [5, 5.41) is 78.8. The van der Waals surface area contributed by atoms with E-state index in [9.17, 15) is 40.2 Å². The molecule has 30 heavy (non-hydrogen) atoms. The number of ether oxygens (including phenoxy) is 2. The zero-order valence-electron chi connectivity index (χ0n) is 16.4. The highest BCUT2D eigenvalue weighted by Crippen LogP contribution is 2.20. The molecule has 2 fully saturated rings. The van der Waals surface area contributed by atoms with E-state index in [-0.39, 0.29) is 0 Å². The lowest BCUT2D eigenvalue weighted by Gasteiger charge is -2.40. The molecular weight excluding hydrogens is 412 g/mol. The highest BCUT2D eigenvalue weighted by atomic mass is 16.6. The second-order valence-corrected chi connectivity index (χ2v) is 6.91. The number of aliphatic hydroxyl groups is 8. The van der Waals surface area contributed by atoms with Crippen LogP contribution in [-0.4, -0.2) is 127 Å². The van der Waals surface area contributed by atoms with Crippen LogP contribution in [0, 0.1) is 0 Å². The first kappa shape index (κ1) is 26.6. The monoisotopic (exact) mass is 442 g/mol. The van der Waals surface area contributed by atoms with Crippen LogP contribution < -0.4 is 10.6 Å². The molecule has 10 atom stereocenters. The third-order valence-electron chi connectivity index (χ3n) is 4.54. The van der Waals surface area contributed by atoms with E-state index in [0.29, 0.717) is 0 Å². The molecule has 2 aliphatic heterocycles. The number of aliphatic hydroxyl groups excluding tert-OH is 8. The van der Waals surface area contributed by atoms with E-state index in [4.69, 9.17) is 19.7 Å². The second kappa shape index (κ2) is 11.8. The van der Waals surface area contributed by atoms with Gasteiger partial charge in [0.1, 0.15) is 48.7 Å². The van der Waals surface area contributed by atoms with Gasteiger partial charge in [-0.05, 0) is 0 Å². The largest absolute Gasteiger partial charge is 0.394 e. The van der Waals surface area contributed by atoms with E-state index >= 15 is 0 Å². The first-order chi connectivity index (χ1) is 13.9. The average Bonchev–Trinajstić information content (AvgIpc) is 2.68. The van der Waals surface area contributed by atoms with Crippen LogP contribution in [0.1, 0.15) is 13.8 Å². The van der Waals surface area contributed by atoms with Crippen LogP contribution in [0.5, 0.6) is 0 Å². The summed E-state index contributed by atoms with van der Waals surface area (Å²) in [5.41, 5.74) is 0. The molecule has 0 aromatic carbocycles. The molecule has 2 unspecified atom stereocenters. The van der Waals surface area contributed by atoms with Crippen molar-refractivity contribution in [1.29, 1.82) is 0 Å². The zero-order chi connectivity index (χ0) is 23.2. The maximum absolute atomic E-state index is 10.7. The van der Waals surface area contributed by atoms with Crippen LogP contribution in [0.25, 0.3) is 0 Å². The average molecular weight is 442 g/mol. The SMILES string of the molecule is CC(=O)N[C@@H]1C(O)O[C@H](CO)[C@@H](O)[C@@H]1O.CC(=O)N[C@@H]1C(O)O[C@H](CO)[C@@H](O)[C@@H]1O.